The van der Waals surface area contributed by atoms with Crippen LogP contribution in [0.1, 0.15) is 45.1 Å². The average molecular weight is 403 g/mol. The maximum absolute atomic E-state index is 12.9. The van der Waals surface area contributed by atoms with E-state index in [1.54, 1.807) is 4.57 Å². The molecule has 1 unspecified atom stereocenters. The average Bonchev–Trinajstić information content (AvgIpc) is 3.06. The summed E-state index contributed by atoms with van der Waals surface area (Å²) in [5, 5.41) is 6.98. The number of unbranched alkanes of at least 4 members (excludes halogenated alkanes) is 1. The fourth-order valence-electron chi connectivity index (χ4n) is 3.68. The molecule has 2 heterocycles. The first-order valence-electron chi connectivity index (χ1n) is 10.2. The lowest BCUT2D eigenvalue weighted by Crippen LogP contribution is -2.42. The third-order valence-corrected chi connectivity index (χ3v) is 6.46. The molecule has 1 atom stereocenters. The topological polar surface area (TPSA) is 71.0 Å². The van der Waals surface area contributed by atoms with Gasteiger partial charge in [-0.1, -0.05) is 55.4 Å². The van der Waals surface area contributed by atoms with Gasteiger partial charge in [-0.15, -0.1) is 5.10 Å². The number of rotatable bonds is 8. The molecule has 0 saturated carbocycles. The maximum Gasteiger partial charge on any atom is 0.343 e. The van der Waals surface area contributed by atoms with Gasteiger partial charge in [-0.05, 0) is 44.1 Å². The highest BCUT2D eigenvalue weighted by molar-refractivity contribution is 8.00. The molecule has 1 aromatic heterocycles. The molecule has 152 valence electrons. The fraction of sp³-hybridized carbons (Fsp3) is 0.571. The second kappa shape index (κ2) is 9.96. The summed E-state index contributed by atoms with van der Waals surface area (Å²) in [5.41, 5.74) is 1.18. The van der Waals surface area contributed by atoms with E-state index < -0.39 is 0 Å². The van der Waals surface area contributed by atoms with Crippen LogP contribution in [0.5, 0.6) is 0 Å². The number of aromatic amines is 1. The van der Waals surface area contributed by atoms with Gasteiger partial charge in [-0.25, -0.2) is 9.89 Å². The first-order chi connectivity index (χ1) is 13.6. The quantitative estimate of drug-likeness (QED) is 0.688. The zero-order chi connectivity index (χ0) is 19.9. The summed E-state index contributed by atoms with van der Waals surface area (Å²) in [6, 6.07) is 10.6. The Balaban J connectivity index is 1.51. The highest BCUT2D eigenvalue weighted by atomic mass is 32.2. The molecule has 1 N–H and O–H groups in total. The summed E-state index contributed by atoms with van der Waals surface area (Å²) in [6.45, 7) is 6.26. The Morgan fingerprint density at radius 2 is 2.00 bits per heavy atom. The first kappa shape index (κ1) is 20.7. The zero-order valence-electron chi connectivity index (χ0n) is 16.8. The van der Waals surface area contributed by atoms with E-state index in [1.807, 2.05) is 17.9 Å². The van der Waals surface area contributed by atoms with Crippen LogP contribution in [-0.2, 0) is 17.8 Å². The van der Waals surface area contributed by atoms with E-state index in [0.29, 0.717) is 17.6 Å². The number of hydrogen-bond donors (Lipinski definition) is 1. The predicted octanol–water partition coefficient (Wildman–Crippen LogP) is 3.33. The van der Waals surface area contributed by atoms with Crippen LogP contribution in [-0.4, -0.2) is 43.9 Å². The van der Waals surface area contributed by atoms with E-state index in [-0.39, 0.29) is 16.8 Å². The Kier molecular flexibility index (Phi) is 7.36. The Bertz CT molecular complexity index is 809. The second-order valence-electron chi connectivity index (χ2n) is 7.53. The molecule has 0 spiro atoms. The largest absolute Gasteiger partial charge is 0.343 e. The van der Waals surface area contributed by atoms with Gasteiger partial charge in [0.05, 0.1) is 5.25 Å². The standard InChI is InChI=1S/C21H30N4O2S/c1-3-4-12-25-20(27)22-23-21(25)28-16(2)19(26)24-13-10-18(11-14-24)15-17-8-6-5-7-9-17/h5-9,16,18H,3-4,10-15H2,1-2H3,(H,22,27). The van der Waals surface area contributed by atoms with Crippen molar-refractivity contribution in [2.75, 3.05) is 13.1 Å². The second-order valence-corrected chi connectivity index (χ2v) is 8.84. The molecule has 1 aliphatic heterocycles. The van der Waals surface area contributed by atoms with Crippen LogP contribution in [0.15, 0.2) is 40.3 Å². The van der Waals surface area contributed by atoms with Gasteiger partial charge in [0, 0.05) is 19.6 Å². The number of nitrogens with one attached hydrogen (secondary N) is 1. The van der Waals surface area contributed by atoms with E-state index >= 15 is 0 Å². The van der Waals surface area contributed by atoms with Gasteiger partial charge in [0.15, 0.2) is 5.16 Å². The van der Waals surface area contributed by atoms with Gasteiger partial charge >= 0.3 is 5.69 Å². The molecule has 3 rings (SSSR count). The summed E-state index contributed by atoms with van der Waals surface area (Å²) < 4.78 is 1.64. The molecule has 7 heteroatoms. The van der Waals surface area contributed by atoms with Crippen molar-refractivity contribution < 1.29 is 4.79 Å². The van der Waals surface area contributed by atoms with E-state index in [1.165, 1.54) is 17.3 Å². The number of carbonyl (C=O) groups is 1. The van der Waals surface area contributed by atoms with Crippen molar-refractivity contribution in [3.05, 3.63) is 46.4 Å². The Labute approximate surface area is 170 Å². The summed E-state index contributed by atoms with van der Waals surface area (Å²) in [5.74, 6) is 0.778. The van der Waals surface area contributed by atoms with E-state index in [9.17, 15) is 9.59 Å². The molecular formula is C21H30N4O2S. The lowest BCUT2D eigenvalue weighted by Gasteiger charge is -2.33. The maximum atomic E-state index is 12.9. The van der Waals surface area contributed by atoms with Crippen LogP contribution in [0.2, 0.25) is 0 Å². The van der Waals surface area contributed by atoms with Gasteiger partial charge in [0.25, 0.3) is 0 Å². The Morgan fingerprint density at radius 3 is 2.68 bits per heavy atom. The van der Waals surface area contributed by atoms with Crippen LogP contribution in [0.25, 0.3) is 0 Å². The Morgan fingerprint density at radius 1 is 1.29 bits per heavy atom. The van der Waals surface area contributed by atoms with Gasteiger partial charge < -0.3 is 4.90 Å². The monoisotopic (exact) mass is 402 g/mol. The van der Waals surface area contributed by atoms with E-state index in [2.05, 4.69) is 41.4 Å². The number of nitrogens with zero attached hydrogens (tertiary/aromatic N) is 3. The number of thioether (sulfide) groups is 1. The van der Waals surface area contributed by atoms with Crippen molar-refractivity contribution in [2.45, 2.75) is 62.9 Å². The molecule has 1 fully saturated rings. The summed E-state index contributed by atoms with van der Waals surface area (Å²) in [4.78, 5) is 26.8. The molecule has 28 heavy (non-hydrogen) atoms. The summed E-state index contributed by atoms with van der Waals surface area (Å²) in [6.07, 6.45) is 5.10. The first-order valence-corrected chi connectivity index (χ1v) is 11.1. The molecule has 0 radical (unpaired) electrons. The molecule has 6 nitrogen and oxygen atoms in total. The number of benzene rings is 1. The highest BCUT2D eigenvalue weighted by Gasteiger charge is 2.27. The number of H-pyrrole nitrogens is 1. The molecular weight excluding hydrogens is 372 g/mol. The molecule has 1 aromatic carbocycles. The van der Waals surface area contributed by atoms with Crippen molar-refractivity contribution in [3.63, 3.8) is 0 Å². The van der Waals surface area contributed by atoms with Crippen LogP contribution >= 0.6 is 11.8 Å². The van der Waals surface area contributed by atoms with Crippen LogP contribution in [0, 0.1) is 5.92 Å². The molecule has 1 saturated heterocycles. The van der Waals surface area contributed by atoms with Gasteiger partial charge in [0.1, 0.15) is 0 Å². The van der Waals surface area contributed by atoms with Gasteiger partial charge in [-0.3, -0.25) is 9.36 Å². The molecule has 2 aromatic rings. The highest BCUT2D eigenvalue weighted by Crippen LogP contribution is 2.26. The normalized spacial score (nSPS) is 16.3. The molecule has 1 aliphatic rings. The Hall–Kier alpha value is -2.02. The number of likely N-dealkylation sites (tertiary alicyclic amines) is 1. The fourth-order valence-corrected chi connectivity index (χ4v) is 4.64. The van der Waals surface area contributed by atoms with Crippen molar-refractivity contribution >= 4 is 17.7 Å². The summed E-state index contributed by atoms with van der Waals surface area (Å²) in [7, 11) is 0. The van der Waals surface area contributed by atoms with Crippen molar-refractivity contribution in [2.24, 2.45) is 5.92 Å². The lowest BCUT2D eigenvalue weighted by atomic mass is 9.90. The van der Waals surface area contributed by atoms with Crippen LogP contribution < -0.4 is 5.69 Å². The van der Waals surface area contributed by atoms with Gasteiger partial charge in [0.2, 0.25) is 5.91 Å². The minimum Gasteiger partial charge on any atom is -0.342 e. The van der Waals surface area contributed by atoms with Crippen molar-refractivity contribution in [3.8, 4) is 0 Å². The smallest absolute Gasteiger partial charge is 0.342 e. The minimum atomic E-state index is -0.249. The number of carbonyl (C=O) groups excluding carboxylic acids is 1. The summed E-state index contributed by atoms with van der Waals surface area (Å²) >= 11 is 1.38. The number of amides is 1. The van der Waals surface area contributed by atoms with E-state index in [0.717, 1.165) is 45.2 Å². The lowest BCUT2D eigenvalue weighted by molar-refractivity contribution is -0.131. The van der Waals surface area contributed by atoms with Gasteiger partial charge in [-0.2, -0.15) is 0 Å². The van der Waals surface area contributed by atoms with Crippen molar-refractivity contribution in [1.29, 1.82) is 0 Å². The van der Waals surface area contributed by atoms with Crippen molar-refractivity contribution in [1.82, 2.24) is 19.7 Å². The minimum absolute atomic E-state index is 0.139. The van der Waals surface area contributed by atoms with Crippen LogP contribution in [0.4, 0.5) is 0 Å². The third-order valence-electron chi connectivity index (χ3n) is 5.38. The van der Waals surface area contributed by atoms with Crippen LogP contribution in [0.3, 0.4) is 0 Å². The molecule has 0 bridgehead atoms. The zero-order valence-corrected chi connectivity index (χ0v) is 17.6. The number of aromatic nitrogens is 3. The molecule has 1 amide bonds. The number of hydrogen-bond acceptors (Lipinski definition) is 4. The number of piperidine rings is 1. The SMILES string of the molecule is CCCCn1c(SC(C)C(=O)N2CCC(Cc3ccccc3)CC2)n[nH]c1=O. The van der Waals surface area contributed by atoms with E-state index in [4.69, 9.17) is 0 Å². The molecule has 0 aliphatic carbocycles. The predicted molar refractivity (Wildman–Crippen MR) is 113 cm³/mol. The third kappa shape index (κ3) is 5.28.